The van der Waals surface area contributed by atoms with E-state index in [0.717, 1.165) is 11.1 Å². The smallest absolute Gasteiger partial charge is 0.216 e. The molecule has 0 fully saturated rings. The lowest BCUT2D eigenvalue weighted by Gasteiger charge is -2.00. The number of aromatic nitrogens is 3. The van der Waals surface area contributed by atoms with E-state index in [-0.39, 0.29) is 5.75 Å². The summed E-state index contributed by atoms with van der Waals surface area (Å²) in [6.07, 6.45) is 1.66. The molecule has 1 heterocycles. The number of aromatic amines is 1. The number of hydrogen-bond donors (Lipinski definition) is 2. The minimum atomic E-state index is 0.219. The van der Waals surface area contributed by atoms with E-state index in [9.17, 15) is 5.11 Å². The molecule has 2 aromatic carbocycles. The van der Waals surface area contributed by atoms with Gasteiger partial charge in [-0.05, 0) is 42.0 Å². The van der Waals surface area contributed by atoms with Crippen molar-refractivity contribution in [1.82, 2.24) is 14.9 Å². The maximum absolute atomic E-state index is 9.26. The highest BCUT2D eigenvalue weighted by atomic mass is 32.1. The van der Waals surface area contributed by atoms with Gasteiger partial charge < -0.3 is 5.11 Å². The van der Waals surface area contributed by atoms with Crippen molar-refractivity contribution < 1.29 is 5.11 Å². The summed E-state index contributed by atoms with van der Waals surface area (Å²) >= 11 is 5.20. The van der Waals surface area contributed by atoms with E-state index in [0.29, 0.717) is 10.6 Å². The Hall–Kier alpha value is -2.73. The second-order valence-corrected chi connectivity index (χ2v) is 4.75. The monoisotopic (exact) mass is 296 g/mol. The molecular weight excluding hydrogens is 284 g/mol. The zero-order valence-electron chi connectivity index (χ0n) is 11.0. The molecule has 3 aromatic rings. The van der Waals surface area contributed by atoms with Crippen molar-refractivity contribution in [3.63, 3.8) is 0 Å². The van der Waals surface area contributed by atoms with Crippen molar-refractivity contribution in [3.8, 4) is 17.1 Å². The van der Waals surface area contributed by atoms with E-state index in [1.165, 1.54) is 0 Å². The van der Waals surface area contributed by atoms with Crippen LogP contribution in [0.2, 0.25) is 0 Å². The maximum atomic E-state index is 9.26. The lowest BCUT2D eigenvalue weighted by molar-refractivity contribution is 0.475. The quantitative estimate of drug-likeness (QED) is 0.576. The van der Waals surface area contributed by atoms with Gasteiger partial charge in [0.05, 0.1) is 6.21 Å². The molecule has 0 spiro atoms. The van der Waals surface area contributed by atoms with Crippen LogP contribution >= 0.6 is 12.2 Å². The van der Waals surface area contributed by atoms with Gasteiger partial charge in [0, 0.05) is 5.56 Å². The number of phenolic OH excluding ortho intramolecular Hbond substituents is 1. The van der Waals surface area contributed by atoms with Gasteiger partial charge in [-0.1, -0.05) is 30.3 Å². The van der Waals surface area contributed by atoms with Gasteiger partial charge in [-0.15, -0.1) is 0 Å². The number of aromatic hydroxyl groups is 1. The number of hydrogen-bond acceptors (Lipinski definition) is 4. The normalized spacial score (nSPS) is 11.0. The first-order valence-electron chi connectivity index (χ1n) is 6.30. The van der Waals surface area contributed by atoms with Crippen molar-refractivity contribution in [2.75, 3.05) is 0 Å². The highest BCUT2D eigenvalue weighted by Crippen LogP contribution is 2.16. The van der Waals surface area contributed by atoms with E-state index in [2.05, 4.69) is 15.3 Å². The van der Waals surface area contributed by atoms with Crippen molar-refractivity contribution in [1.29, 1.82) is 0 Å². The molecule has 5 nitrogen and oxygen atoms in total. The summed E-state index contributed by atoms with van der Waals surface area (Å²) in [4.78, 5) is 0. The summed E-state index contributed by atoms with van der Waals surface area (Å²) in [5.74, 6) is 0.868. The van der Waals surface area contributed by atoms with Crippen LogP contribution in [0.25, 0.3) is 11.4 Å². The molecule has 0 radical (unpaired) electrons. The molecule has 0 saturated heterocycles. The lowest BCUT2D eigenvalue weighted by Crippen LogP contribution is -1.94. The van der Waals surface area contributed by atoms with Crippen LogP contribution in [-0.2, 0) is 0 Å². The van der Waals surface area contributed by atoms with Crippen LogP contribution in [0.1, 0.15) is 5.56 Å². The predicted octanol–water partition coefficient (Wildman–Crippen LogP) is 3.20. The standard InChI is InChI=1S/C15H12N4OS/c20-13-8-6-11(7-9-13)10-16-19-14(17-18-15(19)21)12-4-2-1-3-5-12/h1-10,20H,(H,18,21)/b16-10+. The fourth-order valence-electron chi connectivity index (χ4n) is 1.86. The molecule has 0 atom stereocenters. The Kier molecular flexibility index (Phi) is 3.61. The van der Waals surface area contributed by atoms with Crippen LogP contribution in [0.4, 0.5) is 0 Å². The summed E-state index contributed by atoms with van der Waals surface area (Å²) in [6.45, 7) is 0. The van der Waals surface area contributed by atoms with Crippen molar-refractivity contribution in [2.45, 2.75) is 0 Å². The minimum Gasteiger partial charge on any atom is -0.508 e. The highest BCUT2D eigenvalue weighted by molar-refractivity contribution is 7.71. The molecule has 0 bridgehead atoms. The van der Waals surface area contributed by atoms with Gasteiger partial charge in [-0.3, -0.25) is 0 Å². The molecule has 0 aliphatic heterocycles. The Labute approximate surface area is 126 Å². The molecule has 3 rings (SSSR count). The van der Waals surface area contributed by atoms with Gasteiger partial charge in [0.1, 0.15) is 5.75 Å². The van der Waals surface area contributed by atoms with Gasteiger partial charge in [-0.2, -0.15) is 14.9 Å². The van der Waals surface area contributed by atoms with Gasteiger partial charge in [0.25, 0.3) is 0 Å². The molecule has 21 heavy (non-hydrogen) atoms. The van der Waals surface area contributed by atoms with Gasteiger partial charge in [-0.25, -0.2) is 5.10 Å². The average molecular weight is 296 g/mol. The van der Waals surface area contributed by atoms with Crippen LogP contribution in [0.3, 0.4) is 0 Å². The van der Waals surface area contributed by atoms with Crippen molar-refractivity contribution in [2.24, 2.45) is 5.10 Å². The maximum Gasteiger partial charge on any atom is 0.216 e. The largest absolute Gasteiger partial charge is 0.508 e. The van der Waals surface area contributed by atoms with Gasteiger partial charge >= 0.3 is 0 Å². The molecule has 2 N–H and O–H groups in total. The van der Waals surface area contributed by atoms with Crippen LogP contribution in [0, 0.1) is 4.77 Å². The number of H-pyrrole nitrogens is 1. The summed E-state index contributed by atoms with van der Waals surface area (Å²) in [5.41, 5.74) is 1.78. The topological polar surface area (TPSA) is 66.2 Å². The van der Waals surface area contributed by atoms with Crippen LogP contribution < -0.4 is 0 Å². The molecular formula is C15H12N4OS. The Morgan fingerprint density at radius 1 is 1.10 bits per heavy atom. The predicted molar refractivity (Wildman–Crippen MR) is 83.9 cm³/mol. The Morgan fingerprint density at radius 2 is 1.81 bits per heavy atom. The molecule has 0 saturated carbocycles. The summed E-state index contributed by atoms with van der Waals surface area (Å²) in [5, 5.41) is 20.6. The molecule has 0 unspecified atom stereocenters. The fraction of sp³-hybridized carbons (Fsp3) is 0. The summed E-state index contributed by atoms with van der Waals surface area (Å²) < 4.78 is 1.99. The van der Waals surface area contributed by atoms with Crippen molar-refractivity contribution in [3.05, 3.63) is 64.9 Å². The Balaban J connectivity index is 1.98. The Bertz CT molecular complexity index is 819. The van der Waals surface area contributed by atoms with Crippen LogP contribution in [0.5, 0.6) is 5.75 Å². The van der Waals surface area contributed by atoms with E-state index in [1.54, 1.807) is 35.2 Å². The fourth-order valence-corrected chi connectivity index (χ4v) is 2.04. The molecule has 0 aliphatic rings. The van der Waals surface area contributed by atoms with E-state index in [4.69, 9.17) is 12.2 Å². The molecule has 0 amide bonds. The SMILES string of the molecule is Oc1ccc(/C=N/n2c(-c3ccccc3)n[nH]c2=S)cc1. The van der Waals surface area contributed by atoms with Crippen LogP contribution in [0.15, 0.2) is 59.7 Å². The van der Waals surface area contributed by atoms with E-state index in [1.807, 2.05) is 30.3 Å². The zero-order valence-corrected chi connectivity index (χ0v) is 11.8. The molecule has 104 valence electrons. The van der Waals surface area contributed by atoms with Crippen molar-refractivity contribution >= 4 is 18.4 Å². The number of phenols is 1. The summed E-state index contributed by atoms with van der Waals surface area (Å²) in [6, 6.07) is 16.4. The minimum absolute atomic E-state index is 0.219. The third-order valence-electron chi connectivity index (χ3n) is 2.90. The third-order valence-corrected chi connectivity index (χ3v) is 3.16. The number of nitrogens with zero attached hydrogens (tertiary/aromatic N) is 3. The number of rotatable bonds is 3. The lowest BCUT2D eigenvalue weighted by atomic mass is 10.2. The molecule has 1 aromatic heterocycles. The zero-order chi connectivity index (χ0) is 14.7. The highest BCUT2D eigenvalue weighted by Gasteiger charge is 2.06. The summed E-state index contributed by atoms with van der Waals surface area (Å²) in [7, 11) is 0. The van der Waals surface area contributed by atoms with Gasteiger partial charge in [0.2, 0.25) is 4.77 Å². The first kappa shape index (κ1) is 13.3. The third kappa shape index (κ3) is 2.90. The van der Waals surface area contributed by atoms with Gasteiger partial charge in [0.15, 0.2) is 5.82 Å². The molecule has 0 aliphatic carbocycles. The van der Waals surface area contributed by atoms with Crippen LogP contribution in [-0.4, -0.2) is 26.2 Å². The first-order valence-corrected chi connectivity index (χ1v) is 6.71. The van der Waals surface area contributed by atoms with E-state index >= 15 is 0 Å². The second-order valence-electron chi connectivity index (χ2n) is 4.37. The average Bonchev–Trinajstić information content (AvgIpc) is 2.89. The number of benzene rings is 2. The van der Waals surface area contributed by atoms with E-state index < -0.39 is 0 Å². The first-order chi connectivity index (χ1) is 10.2. The number of nitrogens with one attached hydrogen (secondary N) is 1. The second kappa shape index (κ2) is 5.72. The molecule has 6 heteroatoms. The Morgan fingerprint density at radius 3 is 2.52 bits per heavy atom.